The number of thiophene rings is 1. The van der Waals surface area contributed by atoms with Crippen molar-refractivity contribution < 1.29 is 4.74 Å². The van der Waals surface area contributed by atoms with Gasteiger partial charge in [-0.3, -0.25) is 0 Å². The summed E-state index contributed by atoms with van der Waals surface area (Å²) >= 11 is 1.69. The fourth-order valence-electron chi connectivity index (χ4n) is 2.13. The summed E-state index contributed by atoms with van der Waals surface area (Å²) in [7, 11) is 1.71. The highest BCUT2D eigenvalue weighted by molar-refractivity contribution is 7.14. The van der Waals surface area contributed by atoms with Crippen molar-refractivity contribution >= 4 is 11.3 Å². The van der Waals surface area contributed by atoms with Gasteiger partial charge in [-0.25, -0.2) is 0 Å². The van der Waals surface area contributed by atoms with Gasteiger partial charge in [0, 0.05) is 4.88 Å². The summed E-state index contributed by atoms with van der Waals surface area (Å²) in [5.41, 5.74) is 6.33. The second-order valence-electron chi connectivity index (χ2n) is 4.04. The van der Waals surface area contributed by atoms with E-state index in [4.69, 9.17) is 10.5 Å². The minimum Gasteiger partial charge on any atom is -0.487 e. The van der Waals surface area contributed by atoms with Crippen LogP contribution in [-0.4, -0.2) is 7.11 Å². The average molecular weight is 211 g/mol. The Morgan fingerprint density at radius 1 is 1.29 bits per heavy atom. The molecule has 0 bridgehead atoms. The van der Waals surface area contributed by atoms with Crippen molar-refractivity contribution in [1.29, 1.82) is 0 Å². The zero-order valence-corrected chi connectivity index (χ0v) is 9.40. The van der Waals surface area contributed by atoms with Gasteiger partial charge in [0.05, 0.1) is 12.6 Å². The van der Waals surface area contributed by atoms with Crippen LogP contribution in [0, 0.1) is 0 Å². The molecule has 1 heterocycles. The van der Waals surface area contributed by atoms with Crippen LogP contribution in [0.2, 0.25) is 0 Å². The van der Waals surface area contributed by atoms with Crippen LogP contribution in [0.4, 0.5) is 0 Å². The summed E-state index contributed by atoms with van der Waals surface area (Å²) in [5.74, 6) is 0. The van der Waals surface area contributed by atoms with E-state index in [1.54, 1.807) is 18.4 Å². The number of ether oxygens (including phenoxy) is 1. The van der Waals surface area contributed by atoms with E-state index in [2.05, 4.69) is 6.07 Å². The van der Waals surface area contributed by atoms with E-state index in [0.717, 1.165) is 17.9 Å². The van der Waals surface area contributed by atoms with Gasteiger partial charge in [-0.05, 0) is 25.0 Å². The Labute approximate surface area is 89.1 Å². The van der Waals surface area contributed by atoms with Crippen molar-refractivity contribution in [1.82, 2.24) is 0 Å². The van der Waals surface area contributed by atoms with Crippen molar-refractivity contribution in [2.24, 2.45) is 5.73 Å². The smallest absolute Gasteiger partial charge is 0.173 e. The molecule has 3 heteroatoms. The van der Waals surface area contributed by atoms with Crippen LogP contribution in [0.1, 0.15) is 37.0 Å². The lowest BCUT2D eigenvalue weighted by Gasteiger charge is -2.32. The molecule has 0 amide bonds. The highest BCUT2D eigenvalue weighted by atomic mass is 32.1. The molecule has 1 fully saturated rings. The average Bonchev–Trinajstić information content (AvgIpc) is 2.67. The molecule has 1 aliphatic rings. The second-order valence-corrected chi connectivity index (χ2v) is 5.09. The van der Waals surface area contributed by atoms with Gasteiger partial charge < -0.3 is 10.5 Å². The summed E-state index contributed by atoms with van der Waals surface area (Å²) in [5, 5.41) is 0.968. The molecule has 78 valence electrons. The molecule has 0 atom stereocenters. The maximum Gasteiger partial charge on any atom is 0.173 e. The summed E-state index contributed by atoms with van der Waals surface area (Å²) in [6.07, 6.45) is 6.10. The maximum atomic E-state index is 6.40. The van der Waals surface area contributed by atoms with Gasteiger partial charge in [0.1, 0.15) is 0 Å². The SMILES string of the molecule is COc1ccc(C2(N)CCCCC2)s1. The molecule has 0 saturated heterocycles. The lowest BCUT2D eigenvalue weighted by molar-refractivity contribution is 0.308. The Bertz CT molecular complexity index is 302. The summed E-state index contributed by atoms with van der Waals surface area (Å²) in [6.45, 7) is 0. The van der Waals surface area contributed by atoms with Gasteiger partial charge in [-0.2, -0.15) is 0 Å². The van der Waals surface area contributed by atoms with Crippen molar-refractivity contribution in [2.75, 3.05) is 7.11 Å². The molecule has 0 aliphatic heterocycles. The fourth-order valence-corrected chi connectivity index (χ4v) is 3.11. The van der Waals surface area contributed by atoms with Crippen molar-refractivity contribution in [2.45, 2.75) is 37.6 Å². The van der Waals surface area contributed by atoms with Crippen molar-refractivity contribution in [3.8, 4) is 5.06 Å². The summed E-state index contributed by atoms with van der Waals surface area (Å²) < 4.78 is 5.19. The molecule has 1 aliphatic carbocycles. The van der Waals surface area contributed by atoms with Crippen LogP contribution in [-0.2, 0) is 5.54 Å². The van der Waals surface area contributed by atoms with Gasteiger partial charge in [-0.1, -0.05) is 19.3 Å². The molecule has 2 rings (SSSR count). The zero-order chi connectivity index (χ0) is 10.0. The monoisotopic (exact) mass is 211 g/mol. The highest BCUT2D eigenvalue weighted by Crippen LogP contribution is 2.39. The Morgan fingerprint density at radius 3 is 2.57 bits per heavy atom. The normalized spacial score (nSPS) is 20.7. The third-order valence-electron chi connectivity index (χ3n) is 3.02. The van der Waals surface area contributed by atoms with Gasteiger partial charge >= 0.3 is 0 Å². The van der Waals surface area contributed by atoms with Crippen LogP contribution < -0.4 is 10.5 Å². The quantitative estimate of drug-likeness (QED) is 0.816. The van der Waals surface area contributed by atoms with Gasteiger partial charge in [0.2, 0.25) is 0 Å². The topological polar surface area (TPSA) is 35.2 Å². The number of hydrogen-bond donors (Lipinski definition) is 1. The third kappa shape index (κ3) is 1.79. The molecule has 0 unspecified atom stereocenters. The molecular weight excluding hydrogens is 194 g/mol. The van der Waals surface area contributed by atoms with Crippen molar-refractivity contribution in [3.05, 3.63) is 17.0 Å². The van der Waals surface area contributed by atoms with E-state index in [1.165, 1.54) is 24.1 Å². The number of rotatable bonds is 2. The molecule has 1 aromatic rings. The van der Waals surface area contributed by atoms with E-state index in [1.807, 2.05) is 6.07 Å². The predicted octanol–water partition coefficient (Wildman–Crippen LogP) is 2.87. The largest absolute Gasteiger partial charge is 0.487 e. The lowest BCUT2D eigenvalue weighted by Crippen LogP contribution is -2.37. The highest BCUT2D eigenvalue weighted by Gasteiger charge is 2.30. The maximum absolute atomic E-state index is 6.40. The van der Waals surface area contributed by atoms with Crippen LogP contribution >= 0.6 is 11.3 Å². The molecule has 2 N–H and O–H groups in total. The van der Waals surface area contributed by atoms with Gasteiger partial charge in [0.15, 0.2) is 5.06 Å². The standard InChI is InChI=1S/C11H17NOS/c1-13-10-6-5-9(14-10)11(12)7-3-2-4-8-11/h5-6H,2-4,7-8,12H2,1H3. The molecule has 0 aromatic carbocycles. The van der Waals surface area contributed by atoms with Crippen molar-refractivity contribution in [3.63, 3.8) is 0 Å². The first-order chi connectivity index (χ1) is 6.74. The fraction of sp³-hybridized carbons (Fsp3) is 0.636. The molecule has 0 radical (unpaired) electrons. The molecule has 0 spiro atoms. The second kappa shape index (κ2) is 3.91. The first kappa shape index (κ1) is 9.99. The van der Waals surface area contributed by atoms with Gasteiger partial charge in [0.25, 0.3) is 0 Å². The van der Waals surface area contributed by atoms with Crippen LogP contribution in [0.25, 0.3) is 0 Å². The van der Waals surface area contributed by atoms with E-state index in [0.29, 0.717) is 0 Å². The summed E-state index contributed by atoms with van der Waals surface area (Å²) in [6, 6.07) is 4.14. The van der Waals surface area contributed by atoms with E-state index in [9.17, 15) is 0 Å². The first-order valence-corrected chi connectivity index (χ1v) is 5.99. The van der Waals surface area contributed by atoms with Gasteiger partial charge in [-0.15, -0.1) is 11.3 Å². The number of nitrogens with two attached hydrogens (primary N) is 1. The first-order valence-electron chi connectivity index (χ1n) is 5.18. The molecule has 14 heavy (non-hydrogen) atoms. The predicted molar refractivity (Wildman–Crippen MR) is 59.8 cm³/mol. The number of hydrogen-bond acceptors (Lipinski definition) is 3. The molecule has 1 saturated carbocycles. The third-order valence-corrected chi connectivity index (χ3v) is 4.29. The zero-order valence-electron chi connectivity index (χ0n) is 8.58. The molecule has 1 aromatic heterocycles. The van der Waals surface area contributed by atoms with Crippen LogP contribution in [0.3, 0.4) is 0 Å². The lowest BCUT2D eigenvalue weighted by atomic mass is 9.81. The minimum absolute atomic E-state index is 0.0697. The van der Waals surface area contributed by atoms with E-state index in [-0.39, 0.29) is 5.54 Å². The molecule has 2 nitrogen and oxygen atoms in total. The summed E-state index contributed by atoms with van der Waals surface area (Å²) in [4.78, 5) is 1.29. The Morgan fingerprint density at radius 2 is 2.00 bits per heavy atom. The Kier molecular flexibility index (Phi) is 2.79. The Balaban J connectivity index is 2.19. The van der Waals surface area contributed by atoms with Crippen LogP contribution in [0.15, 0.2) is 12.1 Å². The van der Waals surface area contributed by atoms with E-state index >= 15 is 0 Å². The number of methoxy groups -OCH3 is 1. The van der Waals surface area contributed by atoms with Crippen LogP contribution in [0.5, 0.6) is 5.06 Å². The minimum atomic E-state index is -0.0697. The van der Waals surface area contributed by atoms with E-state index < -0.39 is 0 Å². The molecular formula is C11H17NOS. The Hall–Kier alpha value is -0.540.